The van der Waals surface area contributed by atoms with Crippen LogP contribution in [0.15, 0.2) is 23.0 Å². The molecule has 0 spiro atoms. The van der Waals surface area contributed by atoms with Crippen LogP contribution in [0.25, 0.3) is 11.4 Å². The van der Waals surface area contributed by atoms with Crippen molar-refractivity contribution in [2.45, 2.75) is 40.0 Å². The summed E-state index contributed by atoms with van der Waals surface area (Å²) in [5.41, 5.74) is 3.93. The molecule has 0 aliphatic carbocycles. The first kappa shape index (κ1) is 15.2. The van der Waals surface area contributed by atoms with E-state index in [-0.39, 0.29) is 11.0 Å². The fourth-order valence-electron chi connectivity index (χ4n) is 2.16. The summed E-state index contributed by atoms with van der Waals surface area (Å²) < 4.78 is 0.670. The van der Waals surface area contributed by atoms with E-state index in [9.17, 15) is 4.79 Å². The zero-order valence-corrected chi connectivity index (χ0v) is 14.6. The fraction of sp³-hybridized carbons (Fsp3) is 0.375. The largest absolute Gasteiger partial charge is 0.306 e. The molecule has 3 nitrogen and oxygen atoms in total. The third-order valence-corrected chi connectivity index (χ3v) is 4.21. The summed E-state index contributed by atoms with van der Waals surface area (Å²) in [7, 11) is 0. The van der Waals surface area contributed by atoms with Gasteiger partial charge < -0.3 is 4.98 Å². The highest BCUT2D eigenvalue weighted by molar-refractivity contribution is 14.1. The molecule has 0 radical (unpaired) electrons. The molecule has 0 unspecified atom stereocenters. The van der Waals surface area contributed by atoms with E-state index in [1.54, 1.807) is 0 Å². The maximum atomic E-state index is 12.2. The normalized spacial score (nSPS) is 11.7. The van der Waals surface area contributed by atoms with Crippen molar-refractivity contribution in [3.8, 4) is 11.4 Å². The highest BCUT2D eigenvalue weighted by Gasteiger charge is 2.22. The standard InChI is InChI=1S/C16H19IN2O/c1-9-6-7-11(10(2)8-9)14-18-13(16(3,4)5)12(17)15(20)19-14/h6-8H,1-5H3,(H,18,19,20). The molecule has 1 heterocycles. The molecule has 1 aromatic heterocycles. The smallest absolute Gasteiger partial charge is 0.264 e. The number of rotatable bonds is 1. The molecule has 2 aromatic rings. The van der Waals surface area contributed by atoms with Crippen LogP contribution in [-0.4, -0.2) is 9.97 Å². The molecular formula is C16H19IN2O. The molecule has 1 aromatic carbocycles. The number of H-pyrrole nitrogens is 1. The van der Waals surface area contributed by atoms with Crippen molar-refractivity contribution in [2.24, 2.45) is 0 Å². The van der Waals surface area contributed by atoms with Crippen LogP contribution in [0, 0.1) is 17.4 Å². The lowest BCUT2D eigenvalue weighted by atomic mass is 9.92. The number of halogens is 1. The van der Waals surface area contributed by atoms with Crippen LogP contribution in [0.2, 0.25) is 0 Å². The van der Waals surface area contributed by atoms with Crippen molar-refractivity contribution in [2.75, 3.05) is 0 Å². The molecule has 20 heavy (non-hydrogen) atoms. The van der Waals surface area contributed by atoms with E-state index >= 15 is 0 Å². The Morgan fingerprint density at radius 1 is 1.20 bits per heavy atom. The van der Waals surface area contributed by atoms with Gasteiger partial charge in [0.2, 0.25) is 0 Å². The van der Waals surface area contributed by atoms with Crippen molar-refractivity contribution in [1.29, 1.82) is 0 Å². The topological polar surface area (TPSA) is 45.8 Å². The third kappa shape index (κ3) is 2.95. The highest BCUT2D eigenvalue weighted by atomic mass is 127. The Hall–Kier alpha value is -1.17. The molecule has 0 amide bonds. The molecule has 0 aliphatic rings. The van der Waals surface area contributed by atoms with Gasteiger partial charge in [0.1, 0.15) is 9.39 Å². The number of aromatic amines is 1. The second-order valence-corrected chi connectivity index (χ2v) is 7.22. The summed E-state index contributed by atoms with van der Waals surface area (Å²) in [6.07, 6.45) is 0. The molecule has 0 atom stereocenters. The van der Waals surface area contributed by atoms with Crippen LogP contribution >= 0.6 is 22.6 Å². The van der Waals surface area contributed by atoms with E-state index in [0.29, 0.717) is 9.39 Å². The van der Waals surface area contributed by atoms with Gasteiger partial charge in [0, 0.05) is 11.0 Å². The fourth-order valence-corrected chi connectivity index (χ4v) is 3.23. The van der Waals surface area contributed by atoms with Crippen molar-refractivity contribution in [3.63, 3.8) is 0 Å². The molecule has 4 heteroatoms. The van der Waals surface area contributed by atoms with Gasteiger partial charge in [-0.3, -0.25) is 4.79 Å². The molecule has 1 N–H and O–H groups in total. The molecule has 0 aliphatic heterocycles. The summed E-state index contributed by atoms with van der Waals surface area (Å²) in [6, 6.07) is 6.16. The Labute approximate surface area is 133 Å². The van der Waals surface area contributed by atoms with Crippen molar-refractivity contribution < 1.29 is 0 Å². The summed E-state index contributed by atoms with van der Waals surface area (Å²) in [4.78, 5) is 19.7. The average Bonchev–Trinajstić information content (AvgIpc) is 2.31. The Morgan fingerprint density at radius 3 is 2.40 bits per heavy atom. The Morgan fingerprint density at radius 2 is 1.85 bits per heavy atom. The maximum absolute atomic E-state index is 12.2. The summed E-state index contributed by atoms with van der Waals surface area (Å²) in [6.45, 7) is 10.3. The van der Waals surface area contributed by atoms with Crippen LogP contribution in [-0.2, 0) is 5.41 Å². The van der Waals surface area contributed by atoms with Crippen molar-refractivity contribution >= 4 is 22.6 Å². The van der Waals surface area contributed by atoms with Crippen LogP contribution in [0.3, 0.4) is 0 Å². The predicted molar refractivity (Wildman–Crippen MR) is 91.2 cm³/mol. The van der Waals surface area contributed by atoms with Crippen molar-refractivity contribution in [3.05, 3.63) is 48.9 Å². The van der Waals surface area contributed by atoms with E-state index in [0.717, 1.165) is 16.8 Å². The molecule has 0 saturated heterocycles. The lowest BCUT2D eigenvalue weighted by molar-refractivity contribution is 0.562. The second kappa shape index (κ2) is 5.31. The number of aryl methyl sites for hydroxylation is 2. The summed E-state index contributed by atoms with van der Waals surface area (Å²) in [5.74, 6) is 0.651. The second-order valence-electron chi connectivity index (χ2n) is 6.15. The number of benzene rings is 1. The average molecular weight is 382 g/mol. The molecule has 0 fully saturated rings. The van der Waals surface area contributed by atoms with Crippen LogP contribution in [0.1, 0.15) is 37.6 Å². The van der Waals surface area contributed by atoms with Gasteiger partial charge in [-0.2, -0.15) is 0 Å². The maximum Gasteiger partial charge on any atom is 0.264 e. The van der Waals surface area contributed by atoms with Gasteiger partial charge in [0.25, 0.3) is 5.56 Å². The number of aromatic nitrogens is 2. The predicted octanol–water partition coefficient (Wildman–Crippen LogP) is 3.96. The van der Waals surface area contributed by atoms with Gasteiger partial charge in [-0.05, 0) is 42.0 Å². The highest BCUT2D eigenvalue weighted by Crippen LogP contribution is 2.26. The number of nitrogens with zero attached hydrogens (tertiary/aromatic N) is 1. The summed E-state index contributed by atoms with van der Waals surface area (Å²) in [5, 5.41) is 0. The SMILES string of the molecule is Cc1ccc(-c2nc(C(C)(C)C)c(I)c(=O)[nH]2)c(C)c1. The third-order valence-electron chi connectivity index (χ3n) is 3.21. The lowest BCUT2D eigenvalue weighted by Crippen LogP contribution is -2.24. The Kier molecular flexibility index (Phi) is 4.04. The monoisotopic (exact) mass is 382 g/mol. The molecule has 0 bridgehead atoms. The van der Waals surface area contributed by atoms with Crippen LogP contribution in [0.5, 0.6) is 0 Å². The van der Waals surface area contributed by atoms with Crippen molar-refractivity contribution in [1.82, 2.24) is 9.97 Å². The van der Waals surface area contributed by atoms with Crippen LogP contribution in [0.4, 0.5) is 0 Å². The summed E-state index contributed by atoms with van der Waals surface area (Å²) >= 11 is 2.07. The number of nitrogens with one attached hydrogen (secondary N) is 1. The molecular weight excluding hydrogens is 363 g/mol. The first-order valence-corrected chi connectivity index (χ1v) is 7.66. The lowest BCUT2D eigenvalue weighted by Gasteiger charge is -2.20. The van der Waals surface area contributed by atoms with Crippen LogP contribution < -0.4 is 5.56 Å². The van der Waals surface area contributed by atoms with E-state index in [1.807, 2.05) is 19.1 Å². The minimum absolute atomic E-state index is 0.0690. The number of hydrogen-bond acceptors (Lipinski definition) is 2. The molecule has 0 saturated carbocycles. The Balaban J connectivity index is 2.70. The molecule has 2 rings (SSSR count). The number of hydrogen-bond donors (Lipinski definition) is 1. The van der Waals surface area contributed by atoms with Gasteiger partial charge in [0.15, 0.2) is 0 Å². The van der Waals surface area contributed by atoms with Gasteiger partial charge in [-0.15, -0.1) is 0 Å². The zero-order chi connectivity index (χ0) is 15.1. The quantitative estimate of drug-likeness (QED) is 0.759. The van der Waals surface area contributed by atoms with E-state index < -0.39 is 0 Å². The van der Waals surface area contributed by atoms with Gasteiger partial charge in [-0.25, -0.2) is 4.98 Å². The zero-order valence-electron chi connectivity index (χ0n) is 12.5. The van der Waals surface area contributed by atoms with E-state index in [2.05, 4.69) is 61.3 Å². The van der Waals surface area contributed by atoms with Gasteiger partial charge >= 0.3 is 0 Å². The first-order valence-electron chi connectivity index (χ1n) is 6.58. The van der Waals surface area contributed by atoms with E-state index in [4.69, 9.17) is 4.98 Å². The minimum atomic E-state index is -0.155. The first-order chi connectivity index (χ1) is 9.20. The van der Waals surface area contributed by atoms with Gasteiger partial charge in [0.05, 0.1) is 5.69 Å². The minimum Gasteiger partial charge on any atom is -0.306 e. The molecule has 106 valence electrons. The Bertz CT molecular complexity index is 711. The van der Waals surface area contributed by atoms with E-state index in [1.165, 1.54) is 5.56 Å². The van der Waals surface area contributed by atoms with Gasteiger partial charge in [-0.1, -0.05) is 44.5 Å².